The Bertz CT molecular complexity index is 1270. The molecule has 174 valence electrons. The van der Waals surface area contributed by atoms with Crippen LogP contribution < -0.4 is 14.8 Å². The molecule has 1 N–H and O–H groups in total. The smallest absolute Gasteiger partial charge is 0.249 e. The lowest BCUT2D eigenvalue weighted by atomic mass is 9.96. The number of methoxy groups -OCH3 is 1. The Morgan fingerprint density at radius 1 is 1.18 bits per heavy atom. The number of benzene rings is 2. The first-order valence-electron chi connectivity index (χ1n) is 10.8. The van der Waals surface area contributed by atoms with Crippen molar-refractivity contribution in [3.63, 3.8) is 0 Å². The van der Waals surface area contributed by atoms with Crippen molar-refractivity contribution in [1.29, 1.82) is 5.26 Å². The molecule has 1 aliphatic carbocycles. The third-order valence-electron chi connectivity index (χ3n) is 5.57. The van der Waals surface area contributed by atoms with E-state index in [1.54, 1.807) is 43.5 Å². The molecular weight excluding hydrogens is 491 g/mol. The Morgan fingerprint density at radius 2 is 1.94 bits per heavy atom. The summed E-state index contributed by atoms with van der Waals surface area (Å²) >= 11 is 13.9. The van der Waals surface area contributed by atoms with Gasteiger partial charge in [0.25, 0.3) is 0 Å². The van der Waals surface area contributed by atoms with Crippen LogP contribution in [0.25, 0.3) is 6.08 Å². The molecule has 0 atom stereocenters. The topological polar surface area (TPSA) is 71.3 Å². The van der Waals surface area contributed by atoms with Gasteiger partial charge in [-0.3, -0.25) is 4.79 Å². The highest BCUT2D eigenvalue weighted by atomic mass is 35.5. The SMILES string of the molecule is COc1cc(/C=C/C(=O)Nc2sc3c(c2C#N)CCCC3)ccc1OCc1c(Cl)cccc1Cl. The standard InChI is InChI=1S/C26H22Cl2N2O3S/c1-32-23-13-16(9-11-22(23)33-15-19-20(27)6-4-7-21(19)28)10-12-25(31)30-26-18(14-29)17-5-2-3-8-24(17)34-26/h4,6-7,9-13H,2-3,5,8,15H2,1H3,(H,30,31)/b12-10+. The molecule has 0 saturated carbocycles. The molecule has 1 heterocycles. The van der Waals surface area contributed by atoms with Crippen LogP contribution in [0, 0.1) is 11.3 Å². The van der Waals surface area contributed by atoms with Crippen molar-refractivity contribution in [2.24, 2.45) is 0 Å². The second-order valence-corrected chi connectivity index (χ2v) is 9.67. The summed E-state index contributed by atoms with van der Waals surface area (Å²) < 4.78 is 11.3. The molecule has 0 spiro atoms. The fourth-order valence-electron chi connectivity index (χ4n) is 3.82. The van der Waals surface area contributed by atoms with Crippen molar-refractivity contribution in [3.8, 4) is 17.6 Å². The Hall–Kier alpha value is -2.98. The predicted molar refractivity (Wildman–Crippen MR) is 137 cm³/mol. The molecule has 0 aliphatic heterocycles. The molecule has 0 saturated heterocycles. The average Bonchev–Trinajstić information content (AvgIpc) is 3.19. The van der Waals surface area contributed by atoms with Crippen molar-refractivity contribution in [2.75, 3.05) is 12.4 Å². The van der Waals surface area contributed by atoms with Crippen molar-refractivity contribution in [1.82, 2.24) is 0 Å². The van der Waals surface area contributed by atoms with Crippen molar-refractivity contribution in [2.45, 2.75) is 32.3 Å². The molecule has 34 heavy (non-hydrogen) atoms. The van der Waals surface area contributed by atoms with E-state index in [2.05, 4.69) is 11.4 Å². The number of anilines is 1. The highest BCUT2D eigenvalue weighted by Gasteiger charge is 2.21. The maximum Gasteiger partial charge on any atom is 0.249 e. The number of halogens is 2. The van der Waals surface area contributed by atoms with Gasteiger partial charge in [-0.15, -0.1) is 11.3 Å². The lowest BCUT2D eigenvalue weighted by molar-refractivity contribution is -0.111. The number of hydrogen-bond acceptors (Lipinski definition) is 5. The van der Waals surface area contributed by atoms with Crippen LogP contribution in [-0.2, 0) is 24.2 Å². The summed E-state index contributed by atoms with van der Waals surface area (Å²) in [5, 5.41) is 14.1. The monoisotopic (exact) mass is 512 g/mol. The summed E-state index contributed by atoms with van der Waals surface area (Å²) in [6, 6.07) is 12.9. The second-order valence-electron chi connectivity index (χ2n) is 7.75. The first kappa shape index (κ1) is 24.2. The Labute approximate surface area is 212 Å². The molecule has 1 aliphatic rings. The number of thiophene rings is 1. The average molecular weight is 513 g/mol. The van der Waals surface area contributed by atoms with E-state index in [0.29, 0.717) is 37.7 Å². The molecule has 0 fully saturated rings. The summed E-state index contributed by atoms with van der Waals surface area (Å²) in [5.41, 5.74) is 3.15. The molecule has 0 bridgehead atoms. The Balaban J connectivity index is 1.44. The van der Waals surface area contributed by atoms with Gasteiger partial charge in [-0.05, 0) is 67.2 Å². The van der Waals surface area contributed by atoms with Gasteiger partial charge in [-0.25, -0.2) is 0 Å². The van der Waals surface area contributed by atoms with Crippen LogP contribution in [-0.4, -0.2) is 13.0 Å². The molecule has 1 amide bonds. The van der Waals surface area contributed by atoms with Crippen LogP contribution in [0.1, 0.15) is 40.0 Å². The third-order valence-corrected chi connectivity index (χ3v) is 7.48. The number of fused-ring (bicyclic) bond motifs is 1. The summed E-state index contributed by atoms with van der Waals surface area (Å²) in [6.07, 6.45) is 7.21. The number of nitrogens with zero attached hydrogens (tertiary/aromatic N) is 1. The number of nitrogens with one attached hydrogen (secondary N) is 1. The minimum Gasteiger partial charge on any atom is -0.493 e. The van der Waals surface area contributed by atoms with E-state index in [4.69, 9.17) is 32.7 Å². The van der Waals surface area contributed by atoms with Crippen LogP contribution in [0.5, 0.6) is 11.5 Å². The summed E-state index contributed by atoms with van der Waals surface area (Å²) in [7, 11) is 1.55. The zero-order valence-corrected chi connectivity index (χ0v) is 20.8. The minimum absolute atomic E-state index is 0.193. The first-order chi connectivity index (χ1) is 16.5. The third kappa shape index (κ3) is 5.39. The molecule has 0 radical (unpaired) electrons. The molecule has 8 heteroatoms. The molecule has 1 aromatic heterocycles. The van der Waals surface area contributed by atoms with Gasteiger partial charge in [0, 0.05) is 26.6 Å². The fraction of sp³-hybridized carbons (Fsp3) is 0.231. The number of carbonyl (C=O) groups is 1. The van der Waals surface area contributed by atoms with Crippen LogP contribution in [0.3, 0.4) is 0 Å². The molecule has 4 rings (SSSR count). The maximum atomic E-state index is 12.5. The number of hydrogen-bond donors (Lipinski definition) is 1. The lowest BCUT2D eigenvalue weighted by Crippen LogP contribution is -2.08. The molecule has 0 unspecified atom stereocenters. The molecule has 2 aromatic carbocycles. The van der Waals surface area contributed by atoms with Gasteiger partial charge in [0.2, 0.25) is 5.91 Å². The maximum absolute atomic E-state index is 12.5. The minimum atomic E-state index is -0.289. The predicted octanol–water partition coefficient (Wildman–Crippen LogP) is 7.04. The molecule has 5 nitrogen and oxygen atoms in total. The number of rotatable bonds is 7. The van der Waals surface area contributed by atoms with E-state index >= 15 is 0 Å². The molecule has 3 aromatic rings. The first-order valence-corrected chi connectivity index (χ1v) is 12.3. The zero-order chi connectivity index (χ0) is 24.1. The van der Waals surface area contributed by atoms with E-state index in [9.17, 15) is 10.1 Å². The highest BCUT2D eigenvalue weighted by Crippen LogP contribution is 2.37. The van der Waals surface area contributed by atoms with Gasteiger partial charge >= 0.3 is 0 Å². The normalized spacial score (nSPS) is 12.8. The van der Waals surface area contributed by atoms with Crippen LogP contribution in [0.2, 0.25) is 10.0 Å². The number of carbonyl (C=O) groups excluding carboxylic acids is 1. The van der Waals surface area contributed by atoms with Gasteiger partial charge < -0.3 is 14.8 Å². The summed E-state index contributed by atoms with van der Waals surface area (Å²) in [5.74, 6) is 0.758. The van der Waals surface area contributed by atoms with Crippen molar-refractivity contribution < 1.29 is 14.3 Å². The van der Waals surface area contributed by atoms with Gasteiger partial charge in [-0.2, -0.15) is 5.26 Å². The number of amides is 1. The number of ether oxygens (including phenoxy) is 2. The number of aryl methyl sites for hydroxylation is 1. The van der Waals surface area contributed by atoms with Crippen molar-refractivity contribution in [3.05, 3.63) is 79.7 Å². The van der Waals surface area contributed by atoms with E-state index in [1.807, 2.05) is 6.07 Å². The Morgan fingerprint density at radius 3 is 2.68 bits per heavy atom. The summed E-state index contributed by atoms with van der Waals surface area (Å²) in [6.45, 7) is 0.193. The van der Waals surface area contributed by atoms with Crippen molar-refractivity contribution >= 4 is 51.5 Å². The number of nitriles is 1. The van der Waals surface area contributed by atoms with E-state index in [1.165, 1.54) is 22.3 Å². The van der Waals surface area contributed by atoms with E-state index in [0.717, 1.165) is 36.8 Å². The van der Waals surface area contributed by atoms with Crippen LogP contribution in [0.4, 0.5) is 5.00 Å². The Kier molecular flexibility index (Phi) is 7.79. The van der Waals surface area contributed by atoms with Crippen LogP contribution >= 0.6 is 34.5 Å². The second kappa shape index (κ2) is 11.0. The highest BCUT2D eigenvalue weighted by molar-refractivity contribution is 7.16. The summed E-state index contributed by atoms with van der Waals surface area (Å²) in [4.78, 5) is 13.7. The van der Waals surface area contributed by atoms with Gasteiger partial charge in [0.1, 0.15) is 17.7 Å². The molecular formula is C26H22Cl2N2O3S. The van der Waals surface area contributed by atoms with Gasteiger partial charge in [0.15, 0.2) is 11.5 Å². The lowest BCUT2D eigenvalue weighted by Gasteiger charge is -2.13. The van der Waals surface area contributed by atoms with Crippen LogP contribution in [0.15, 0.2) is 42.5 Å². The fourth-order valence-corrected chi connectivity index (χ4v) is 5.57. The quantitative estimate of drug-likeness (QED) is 0.344. The largest absolute Gasteiger partial charge is 0.493 e. The van der Waals surface area contributed by atoms with E-state index in [-0.39, 0.29) is 12.5 Å². The van der Waals surface area contributed by atoms with Gasteiger partial charge in [-0.1, -0.05) is 35.3 Å². The zero-order valence-electron chi connectivity index (χ0n) is 18.5. The van der Waals surface area contributed by atoms with E-state index < -0.39 is 0 Å². The van der Waals surface area contributed by atoms with Gasteiger partial charge in [0.05, 0.1) is 12.7 Å².